The molecule has 15 heavy (non-hydrogen) atoms. The highest BCUT2D eigenvalue weighted by molar-refractivity contribution is 7.86. The molecule has 4 nitrogen and oxygen atoms in total. The lowest BCUT2D eigenvalue weighted by atomic mass is 10.1. The van der Waals surface area contributed by atoms with Gasteiger partial charge in [-0.15, -0.1) is 0 Å². The molecule has 2 N–H and O–H groups in total. The normalized spacial score (nSPS) is 17.9. The van der Waals surface area contributed by atoms with Gasteiger partial charge in [0.2, 0.25) is 0 Å². The minimum Gasteiger partial charge on any atom is -0.257 e. The molecular formula is C10H16N2O2S. The first-order valence-corrected chi connectivity index (χ1v) is 6.33. The lowest BCUT2D eigenvalue weighted by Crippen LogP contribution is -2.33. The molecule has 0 saturated carbocycles. The zero-order valence-corrected chi connectivity index (χ0v) is 9.63. The third kappa shape index (κ3) is 2.70. The Morgan fingerprint density at radius 3 is 2.73 bits per heavy atom. The molecule has 1 heterocycles. The highest BCUT2D eigenvalue weighted by Crippen LogP contribution is 2.26. The van der Waals surface area contributed by atoms with Crippen molar-refractivity contribution in [1.82, 2.24) is 4.31 Å². The van der Waals surface area contributed by atoms with E-state index >= 15 is 0 Å². The van der Waals surface area contributed by atoms with Crippen molar-refractivity contribution in [2.24, 2.45) is 5.14 Å². The Hall–Kier alpha value is -1.07. The van der Waals surface area contributed by atoms with Gasteiger partial charge < -0.3 is 0 Å². The fourth-order valence-electron chi connectivity index (χ4n) is 1.56. The zero-order chi connectivity index (χ0) is 11.5. The molecule has 0 radical (unpaired) electrons. The van der Waals surface area contributed by atoms with E-state index in [1.54, 1.807) is 0 Å². The van der Waals surface area contributed by atoms with Crippen LogP contribution in [0.15, 0.2) is 36.1 Å². The van der Waals surface area contributed by atoms with Crippen LogP contribution in [0.2, 0.25) is 0 Å². The molecule has 5 heteroatoms. The maximum Gasteiger partial charge on any atom is 0.299 e. The molecule has 0 fully saturated rings. The van der Waals surface area contributed by atoms with E-state index in [4.69, 9.17) is 5.14 Å². The number of nitrogens with two attached hydrogens (primary N) is 1. The van der Waals surface area contributed by atoms with E-state index in [1.807, 2.05) is 19.1 Å². The molecule has 84 valence electrons. The Bertz CT molecular complexity index is 407. The van der Waals surface area contributed by atoms with Gasteiger partial charge in [0.1, 0.15) is 0 Å². The summed E-state index contributed by atoms with van der Waals surface area (Å²) in [6.45, 7) is 6.04. The van der Waals surface area contributed by atoms with Gasteiger partial charge in [-0.2, -0.15) is 8.42 Å². The Balaban J connectivity index is 3.05. The molecule has 0 amide bonds. The standard InChI is InChI=1S/C10H16N2O2S/c1-3-5-6-9-7-8-12(10(9)4-2)15(11,13)14/h4-6H,2-3,7-8H2,1H3,(H2,11,13,14)/b6-5-. The SMILES string of the molecule is C=CC1=C(/C=C\CC)CCN1S(N)(=O)=O. The van der Waals surface area contributed by atoms with Crippen molar-refractivity contribution in [2.45, 2.75) is 19.8 Å². The molecule has 1 aliphatic rings. The van der Waals surface area contributed by atoms with Crippen LogP contribution in [0, 0.1) is 0 Å². The maximum atomic E-state index is 11.2. The molecule has 0 aromatic heterocycles. The summed E-state index contributed by atoms with van der Waals surface area (Å²) in [7, 11) is -3.65. The molecule has 0 spiro atoms. The van der Waals surface area contributed by atoms with E-state index in [1.165, 1.54) is 10.4 Å². The first-order valence-electron chi connectivity index (χ1n) is 4.83. The Morgan fingerprint density at radius 1 is 1.60 bits per heavy atom. The van der Waals surface area contributed by atoms with Crippen molar-refractivity contribution < 1.29 is 8.42 Å². The molecule has 0 atom stereocenters. The molecule has 0 bridgehead atoms. The van der Waals surface area contributed by atoms with Gasteiger partial charge in [0.25, 0.3) is 10.2 Å². The van der Waals surface area contributed by atoms with E-state index in [0.717, 1.165) is 12.0 Å². The third-order valence-electron chi connectivity index (χ3n) is 2.24. The second-order valence-electron chi connectivity index (χ2n) is 3.29. The van der Waals surface area contributed by atoms with Gasteiger partial charge in [-0.05, 0) is 24.5 Å². The molecule has 1 aliphatic heterocycles. The van der Waals surface area contributed by atoms with Crippen LogP contribution in [0.3, 0.4) is 0 Å². The highest BCUT2D eigenvalue weighted by atomic mass is 32.2. The fourth-order valence-corrected chi connectivity index (χ4v) is 2.37. The fraction of sp³-hybridized carbons (Fsp3) is 0.400. The van der Waals surface area contributed by atoms with Gasteiger partial charge in [-0.3, -0.25) is 4.31 Å². The summed E-state index contributed by atoms with van der Waals surface area (Å²) >= 11 is 0. The third-order valence-corrected chi connectivity index (χ3v) is 3.23. The van der Waals surface area contributed by atoms with Crippen molar-refractivity contribution in [2.75, 3.05) is 6.54 Å². The summed E-state index contributed by atoms with van der Waals surface area (Å²) in [5.74, 6) is 0. The molecule has 1 rings (SSSR count). The molecular weight excluding hydrogens is 212 g/mol. The zero-order valence-electron chi connectivity index (χ0n) is 8.81. The summed E-state index contributed by atoms with van der Waals surface area (Å²) in [4.78, 5) is 0. The number of rotatable bonds is 4. The number of nitrogens with zero attached hydrogens (tertiary/aromatic N) is 1. The van der Waals surface area contributed by atoms with E-state index in [0.29, 0.717) is 18.7 Å². The van der Waals surface area contributed by atoms with Crippen molar-refractivity contribution in [1.29, 1.82) is 0 Å². The van der Waals surface area contributed by atoms with Crippen LogP contribution < -0.4 is 5.14 Å². The van der Waals surface area contributed by atoms with E-state index in [-0.39, 0.29) is 0 Å². The van der Waals surface area contributed by atoms with Crippen molar-refractivity contribution in [3.63, 3.8) is 0 Å². The summed E-state index contributed by atoms with van der Waals surface area (Å²) in [6.07, 6.45) is 7.07. The first-order chi connectivity index (χ1) is 7.00. The van der Waals surface area contributed by atoms with Gasteiger partial charge >= 0.3 is 0 Å². The average molecular weight is 228 g/mol. The quantitative estimate of drug-likeness (QED) is 0.788. The van der Waals surface area contributed by atoms with Crippen LogP contribution in [0.25, 0.3) is 0 Å². The Labute approximate surface area is 90.9 Å². The molecule has 0 unspecified atom stereocenters. The second-order valence-corrected chi connectivity index (χ2v) is 4.76. The summed E-state index contributed by atoms with van der Waals surface area (Å²) < 4.78 is 23.6. The van der Waals surface area contributed by atoms with Crippen LogP contribution in [-0.4, -0.2) is 19.3 Å². The molecule has 0 aromatic rings. The number of hydrogen-bond acceptors (Lipinski definition) is 2. The lowest BCUT2D eigenvalue weighted by molar-refractivity contribution is 0.508. The Kier molecular flexibility index (Phi) is 3.71. The number of allylic oxidation sites excluding steroid dienone is 3. The van der Waals surface area contributed by atoms with E-state index in [9.17, 15) is 8.42 Å². The van der Waals surface area contributed by atoms with Gasteiger partial charge in [-0.25, -0.2) is 5.14 Å². The summed E-state index contributed by atoms with van der Waals surface area (Å²) in [5, 5.41) is 5.09. The first kappa shape index (κ1) is 12.0. The summed E-state index contributed by atoms with van der Waals surface area (Å²) in [5.41, 5.74) is 1.57. The van der Waals surface area contributed by atoms with Crippen molar-refractivity contribution in [3.05, 3.63) is 36.1 Å². The largest absolute Gasteiger partial charge is 0.299 e. The molecule has 0 aliphatic carbocycles. The van der Waals surface area contributed by atoms with Crippen LogP contribution in [-0.2, 0) is 10.2 Å². The number of hydrogen-bond donors (Lipinski definition) is 1. The minimum atomic E-state index is -3.65. The Morgan fingerprint density at radius 2 is 2.27 bits per heavy atom. The van der Waals surface area contributed by atoms with Gasteiger partial charge in [-0.1, -0.05) is 25.7 Å². The average Bonchev–Trinajstić information content (AvgIpc) is 2.56. The van der Waals surface area contributed by atoms with Crippen LogP contribution >= 0.6 is 0 Å². The molecule has 0 saturated heterocycles. The lowest BCUT2D eigenvalue weighted by Gasteiger charge is -2.16. The van der Waals surface area contributed by atoms with Gasteiger partial charge in [0.05, 0.1) is 5.70 Å². The maximum absolute atomic E-state index is 11.2. The minimum absolute atomic E-state index is 0.406. The van der Waals surface area contributed by atoms with Crippen molar-refractivity contribution >= 4 is 10.2 Å². The van der Waals surface area contributed by atoms with Crippen LogP contribution in [0.5, 0.6) is 0 Å². The monoisotopic (exact) mass is 228 g/mol. The second kappa shape index (κ2) is 4.63. The van der Waals surface area contributed by atoms with E-state index < -0.39 is 10.2 Å². The van der Waals surface area contributed by atoms with Crippen LogP contribution in [0.4, 0.5) is 0 Å². The predicted octanol–water partition coefficient (Wildman–Crippen LogP) is 1.30. The predicted molar refractivity (Wildman–Crippen MR) is 61.1 cm³/mol. The highest BCUT2D eigenvalue weighted by Gasteiger charge is 2.26. The smallest absolute Gasteiger partial charge is 0.257 e. The summed E-state index contributed by atoms with van der Waals surface area (Å²) in [6, 6.07) is 0. The van der Waals surface area contributed by atoms with Gasteiger partial charge in [0, 0.05) is 6.54 Å². The molecule has 0 aromatic carbocycles. The van der Waals surface area contributed by atoms with Crippen LogP contribution in [0.1, 0.15) is 19.8 Å². The van der Waals surface area contributed by atoms with Crippen molar-refractivity contribution in [3.8, 4) is 0 Å². The topological polar surface area (TPSA) is 63.4 Å². The van der Waals surface area contributed by atoms with Gasteiger partial charge in [0.15, 0.2) is 0 Å². The van der Waals surface area contributed by atoms with E-state index in [2.05, 4.69) is 6.58 Å².